The minimum Gasteiger partial charge on any atom is -0.480 e. The largest absolute Gasteiger partial charge is 0.480 e. The standard InChI is InChI=1S/C18H17ClFNO2/c19-14-8-6-12(7-9-14)17(13-3-1-4-15(20)11-13)21-10-2-5-16(21)18(22)23/h1,3-4,6-9,11,16-17H,2,5,10H2,(H,22,23). The van der Waals surface area contributed by atoms with E-state index in [4.69, 9.17) is 11.6 Å². The van der Waals surface area contributed by atoms with Gasteiger partial charge in [0, 0.05) is 11.6 Å². The molecule has 2 aromatic carbocycles. The van der Waals surface area contributed by atoms with Gasteiger partial charge in [0.15, 0.2) is 0 Å². The van der Waals surface area contributed by atoms with Crippen LogP contribution < -0.4 is 0 Å². The van der Waals surface area contributed by atoms with Gasteiger partial charge in [0.25, 0.3) is 0 Å². The fourth-order valence-electron chi connectivity index (χ4n) is 3.26. The molecule has 3 nitrogen and oxygen atoms in total. The molecule has 0 amide bonds. The first-order valence-electron chi connectivity index (χ1n) is 7.56. The van der Waals surface area contributed by atoms with Gasteiger partial charge >= 0.3 is 5.97 Å². The van der Waals surface area contributed by atoms with E-state index in [0.717, 1.165) is 17.5 Å². The van der Waals surface area contributed by atoms with Gasteiger partial charge in [0.05, 0.1) is 6.04 Å². The average molecular weight is 334 g/mol. The van der Waals surface area contributed by atoms with Crippen molar-refractivity contribution >= 4 is 17.6 Å². The summed E-state index contributed by atoms with van der Waals surface area (Å²) in [5.41, 5.74) is 1.66. The summed E-state index contributed by atoms with van der Waals surface area (Å²) < 4.78 is 13.7. The molecule has 0 bridgehead atoms. The third kappa shape index (κ3) is 3.38. The molecule has 1 aliphatic rings. The third-order valence-corrected chi connectivity index (χ3v) is 4.51. The lowest BCUT2D eigenvalue weighted by Gasteiger charge is -2.32. The maximum atomic E-state index is 13.7. The van der Waals surface area contributed by atoms with E-state index in [1.165, 1.54) is 12.1 Å². The highest BCUT2D eigenvalue weighted by molar-refractivity contribution is 6.30. The number of hydrogen-bond acceptors (Lipinski definition) is 2. The summed E-state index contributed by atoms with van der Waals surface area (Å²) in [6.45, 7) is 0.667. The molecule has 120 valence electrons. The first-order chi connectivity index (χ1) is 11.1. The summed E-state index contributed by atoms with van der Waals surface area (Å²) in [5.74, 6) is -1.16. The fraction of sp³-hybridized carbons (Fsp3) is 0.278. The van der Waals surface area contributed by atoms with Gasteiger partial charge in [-0.05, 0) is 48.2 Å². The van der Waals surface area contributed by atoms with E-state index < -0.39 is 12.0 Å². The van der Waals surface area contributed by atoms with Crippen LogP contribution in [0.4, 0.5) is 4.39 Å². The number of aliphatic carboxylic acids is 1. The van der Waals surface area contributed by atoms with Crippen LogP contribution in [0.3, 0.4) is 0 Å². The topological polar surface area (TPSA) is 40.5 Å². The van der Waals surface area contributed by atoms with Gasteiger partial charge in [-0.1, -0.05) is 35.9 Å². The molecule has 0 radical (unpaired) electrons. The SMILES string of the molecule is O=C(O)C1CCCN1C(c1ccc(Cl)cc1)c1cccc(F)c1. The molecule has 2 aromatic rings. The molecular formula is C18H17ClFNO2. The number of benzene rings is 2. The van der Waals surface area contributed by atoms with Crippen LogP contribution in [0.15, 0.2) is 48.5 Å². The van der Waals surface area contributed by atoms with Gasteiger partial charge in [-0.25, -0.2) is 4.39 Å². The molecule has 1 fully saturated rings. The van der Waals surface area contributed by atoms with Gasteiger partial charge in [-0.15, -0.1) is 0 Å². The van der Waals surface area contributed by atoms with Crippen LogP contribution in [0.1, 0.15) is 30.0 Å². The summed E-state index contributed by atoms with van der Waals surface area (Å²) in [6, 6.07) is 12.8. The van der Waals surface area contributed by atoms with E-state index in [-0.39, 0.29) is 11.9 Å². The Morgan fingerprint density at radius 3 is 2.61 bits per heavy atom. The molecule has 0 saturated carbocycles. The first kappa shape index (κ1) is 16.0. The minimum atomic E-state index is -0.835. The molecule has 23 heavy (non-hydrogen) atoms. The Balaban J connectivity index is 2.06. The van der Waals surface area contributed by atoms with E-state index in [1.807, 2.05) is 23.1 Å². The van der Waals surface area contributed by atoms with Crippen molar-refractivity contribution in [1.29, 1.82) is 0 Å². The van der Waals surface area contributed by atoms with E-state index in [0.29, 0.717) is 18.0 Å². The van der Waals surface area contributed by atoms with Crippen LogP contribution >= 0.6 is 11.6 Å². The Bertz CT molecular complexity index is 704. The molecule has 0 aliphatic carbocycles. The van der Waals surface area contributed by atoms with Gasteiger partial charge in [-0.3, -0.25) is 9.69 Å². The zero-order valence-corrected chi connectivity index (χ0v) is 13.2. The van der Waals surface area contributed by atoms with Crippen molar-refractivity contribution in [2.45, 2.75) is 24.9 Å². The van der Waals surface area contributed by atoms with Crippen LogP contribution in [0.5, 0.6) is 0 Å². The molecule has 1 heterocycles. The maximum Gasteiger partial charge on any atom is 0.320 e. The molecule has 1 N–H and O–H groups in total. The van der Waals surface area contributed by atoms with Crippen molar-refractivity contribution in [3.8, 4) is 0 Å². The molecule has 0 spiro atoms. The number of carboxylic acids is 1. The summed E-state index contributed by atoms with van der Waals surface area (Å²) >= 11 is 5.96. The van der Waals surface area contributed by atoms with Gasteiger partial charge in [0.2, 0.25) is 0 Å². The van der Waals surface area contributed by atoms with Crippen LogP contribution in [0.25, 0.3) is 0 Å². The van der Waals surface area contributed by atoms with Crippen LogP contribution in [0, 0.1) is 5.82 Å². The zero-order chi connectivity index (χ0) is 16.4. The van der Waals surface area contributed by atoms with Gasteiger partial charge in [-0.2, -0.15) is 0 Å². The highest BCUT2D eigenvalue weighted by atomic mass is 35.5. The van der Waals surface area contributed by atoms with Crippen molar-refractivity contribution in [1.82, 2.24) is 4.90 Å². The van der Waals surface area contributed by atoms with E-state index in [1.54, 1.807) is 18.2 Å². The average Bonchev–Trinajstić information content (AvgIpc) is 2.99. The smallest absolute Gasteiger partial charge is 0.320 e. The zero-order valence-electron chi connectivity index (χ0n) is 12.5. The number of nitrogens with zero attached hydrogens (tertiary/aromatic N) is 1. The molecule has 2 atom stereocenters. The van der Waals surface area contributed by atoms with Crippen LogP contribution in [-0.2, 0) is 4.79 Å². The lowest BCUT2D eigenvalue weighted by molar-refractivity contribution is -0.142. The van der Waals surface area contributed by atoms with Crippen molar-refractivity contribution in [2.24, 2.45) is 0 Å². The van der Waals surface area contributed by atoms with Crippen molar-refractivity contribution < 1.29 is 14.3 Å². The summed E-state index contributed by atoms with van der Waals surface area (Å²) in [4.78, 5) is 13.5. The molecule has 1 aliphatic heterocycles. The first-order valence-corrected chi connectivity index (χ1v) is 7.93. The number of hydrogen-bond donors (Lipinski definition) is 1. The Kier molecular flexibility index (Phi) is 4.64. The highest BCUT2D eigenvalue weighted by Gasteiger charge is 2.36. The second-order valence-corrected chi connectivity index (χ2v) is 6.18. The Morgan fingerprint density at radius 1 is 1.22 bits per heavy atom. The summed E-state index contributed by atoms with van der Waals surface area (Å²) in [5, 5.41) is 10.1. The number of rotatable bonds is 4. The van der Waals surface area contributed by atoms with Crippen molar-refractivity contribution in [2.75, 3.05) is 6.54 Å². The second kappa shape index (κ2) is 6.69. The van der Waals surface area contributed by atoms with Gasteiger partial charge in [0.1, 0.15) is 11.9 Å². The van der Waals surface area contributed by atoms with Crippen molar-refractivity contribution in [3.05, 3.63) is 70.5 Å². The lowest BCUT2D eigenvalue weighted by atomic mass is 9.96. The fourth-order valence-corrected chi connectivity index (χ4v) is 3.39. The Hall–Kier alpha value is -1.91. The normalized spacial score (nSPS) is 19.7. The van der Waals surface area contributed by atoms with E-state index in [9.17, 15) is 14.3 Å². The number of halogens is 2. The Morgan fingerprint density at radius 2 is 1.96 bits per heavy atom. The molecule has 3 rings (SSSR count). The minimum absolute atomic E-state index is 0.299. The third-order valence-electron chi connectivity index (χ3n) is 4.26. The Labute approximate surface area is 139 Å². The van der Waals surface area contributed by atoms with E-state index >= 15 is 0 Å². The molecule has 1 saturated heterocycles. The second-order valence-electron chi connectivity index (χ2n) is 5.74. The van der Waals surface area contributed by atoms with Crippen LogP contribution in [0.2, 0.25) is 5.02 Å². The summed E-state index contributed by atoms with van der Waals surface area (Å²) in [7, 11) is 0. The molecule has 2 unspecified atom stereocenters. The van der Waals surface area contributed by atoms with Crippen LogP contribution in [-0.4, -0.2) is 28.6 Å². The lowest BCUT2D eigenvalue weighted by Crippen LogP contribution is -2.39. The molecule has 0 aromatic heterocycles. The number of likely N-dealkylation sites (tertiary alicyclic amines) is 1. The van der Waals surface area contributed by atoms with E-state index in [2.05, 4.69) is 0 Å². The molecular weight excluding hydrogens is 317 g/mol. The highest BCUT2D eigenvalue weighted by Crippen LogP contribution is 2.35. The predicted molar refractivity (Wildman–Crippen MR) is 87.1 cm³/mol. The quantitative estimate of drug-likeness (QED) is 0.915. The van der Waals surface area contributed by atoms with Gasteiger partial charge < -0.3 is 5.11 Å². The monoisotopic (exact) mass is 333 g/mol. The maximum absolute atomic E-state index is 13.7. The van der Waals surface area contributed by atoms with Crippen molar-refractivity contribution in [3.63, 3.8) is 0 Å². The predicted octanol–water partition coefficient (Wildman–Crippen LogP) is 4.12. The summed E-state index contributed by atoms with van der Waals surface area (Å²) in [6.07, 6.45) is 1.42. The molecule has 5 heteroatoms. The number of carboxylic acid groups (broad SMARTS) is 1. The number of carbonyl (C=O) groups is 1.